The van der Waals surface area contributed by atoms with Gasteiger partial charge in [0, 0.05) is 28.4 Å². The second-order valence-electron chi connectivity index (χ2n) is 8.41. The van der Waals surface area contributed by atoms with Gasteiger partial charge in [0.15, 0.2) is 5.78 Å². The van der Waals surface area contributed by atoms with Crippen LogP contribution in [-0.2, 0) is 23.1 Å². The molecule has 0 bridgehead atoms. The molecule has 1 amide bonds. The Hall–Kier alpha value is -3.33. The maximum Gasteiger partial charge on any atom is 0.233 e. The van der Waals surface area contributed by atoms with Gasteiger partial charge >= 0.3 is 0 Å². The van der Waals surface area contributed by atoms with Gasteiger partial charge in [0.05, 0.1) is 30.3 Å². The van der Waals surface area contributed by atoms with E-state index in [4.69, 9.17) is 4.74 Å². The summed E-state index contributed by atoms with van der Waals surface area (Å²) in [5, 5.41) is 11.1. The molecule has 3 aromatic rings. The number of aryl methyl sites for hydroxylation is 2. The quantitative estimate of drug-likeness (QED) is 0.510. The largest absolute Gasteiger partial charge is 0.480 e. The number of nitrogens with one attached hydrogen (secondary N) is 1. The number of thioether (sulfide) groups is 1. The van der Waals surface area contributed by atoms with Crippen LogP contribution in [0.4, 0.5) is 5.82 Å². The molecule has 1 unspecified atom stereocenters. The number of rotatable bonds is 7. The van der Waals surface area contributed by atoms with Gasteiger partial charge in [-0.15, -0.1) is 16.9 Å². The van der Waals surface area contributed by atoms with Gasteiger partial charge in [0.2, 0.25) is 11.8 Å². The number of ketones is 1. The van der Waals surface area contributed by atoms with Crippen LogP contribution < -0.4 is 10.1 Å². The van der Waals surface area contributed by atoms with E-state index in [1.165, 1.54) is 7.11 Å². The summed E-state index contributed by atoms with van der Waals surface area (Å²) in [4.78, 5) is 36.2. The summed E-state index contributed by atoms with van der Waals surface area (Å²) in [7, 11) is 1.53. The Morgan fingerprint density at radius 2 is 2.06 bits per heavy atom. The molecule has 0 radical (unpaired) electrons. The number of ether oxygens (including phenoxy) is 1. The molecule has 0 spiro atoms. The standard InChI is InChI=1S/C25H27N5O3S/c1-5-34-17-7-6-16(26-14-17)13-21(31)28-20-12-15(2)23-18(27-20)10-11-25(3,24(23)32)19-8-9-22(33-4)30-29-19/h6-9,12,14H,5,10-11,13H2,1-4H3,(H,27,28,31). The minimum absolute atomic E-state index is 0.0367. The van der Waals surface area contributed by atoms with Gasteiger partial charge in [-0.05, 0) is 62.3 Å². The number of hydrogen-bond acceptors (Lipinski definition) is 8. The maximum absolute atomic E-state index is 13.5. The molecule has 4 rings (SSSR count). The van der Waals surface area contributed by atoms with Crippen LogP contribution >= 0.6 is 11.8 Å². The maximum atomic E-state index is 13.5. The van der Waals surface area contributed by atoms with Crippen molar-refractivity contribution in [1.82, 2.24) is 20.2 Å². The van der Waals surface area contributed by atoms with Crippen molar-refractivity contribution in [3.05, 3.63) is 64.7 Å². The van der Waals surface area contributed by atoms with Crippen molar-refractivity contribution in [3.63, 3.8) is 0 Å². The molecular weight excluding hydrogens is 450 g/mol. The number of nitrogens with zero attached hydrogens (tertiary/aromatic N) is 4. The van der Waals surface area contributed by atoms with Crippen molar-refractivity contribution in [2.24, 2.45) is 0 Å². The number of pyridine rings is 2. The molecule has 0 saturated heterocycles. The summed E-state index contributed by atoms with van der Waals surface area (Å²) in [6.07, 6.45) is 3.08. The number of anilines is 1. The van der Waals surface area contributed by atoms with Crippen molar-refractivity contribution in [1.29, 1.82) is 0 Å². The second-order valence-corrected chi connectivity index (χ2v) is 9.75. The summed E-state index contributed by atoms with van der Waals surface area (Å²) >= 11 is 1.71. The summed E-state index contributed by atoms with van der Waals surface area (Å²) in [5.74, 6) is 1.58. The highest BCUT2D eigenvalue weighted by atomic mass is 32.2. The van der Waals surface area contributed by atoms with Crippen LogP contribution in [0.1, 0.15) is 53.3 Å². The minimum atomic E-state index is -0.794. The molecule has 0 fully saturated rings. The minimum Gasteiger partial charge on any atom is -0.480 e. The Morgan fingerprint density at radius 1 is 1.24 bits per heavy atom. The van der Waals surface area contributed by atoms with E-state index in [0.29, 0.717) is 47.2 Å². The molecule has 1 aliphatic rings. The molecule has 9 heteroatoms. The zero-order valence-corrected chi connectivity index (χ0v) is 20.5. The summed E-state index contributed by atoms with van der Waals surface area (Å²) in [6.45, 7) is 5.84. The van der Waals surface area contributed by atoms with Crippen LogP contribution in [0.3, 0.4) is 0 Å². The molecular formula is C25H27N5O3S. The highest BCUT2D eigenvalue weighted by Crippen LogP contribution is 2.38. The topological polar surface area (TPSA) is 107 Å². The van der Waals surface area contributed by atoms with Crippen molar-refractivity contribution in [3.8, 4) is 5.88 Å². The highest BCUT2D eigenvalue weighted by Gasteiger charge is 2.43. The Kier molecular flexibility index (Phi) is 6.92. The molecule has 3 aromatic heterocycles. The fourth-order valence-corrected chi connectivity index (χ4v) is 4.76. The van der Waals surface area contributed by atoms with E-state index in [0.717, 1.165) is 16.2 Å². The first-order chi connectivity index (χ1) is 16.3. The fourth-order valence-electron chi connectivity index (χ4n) is 4.14. The predicted molar refractivity (Wildman–Crippen MR) is 131 cm³/mol. The van der Waals surface area contributed by atoms with E-state index < -0.39 is 5.41 Å². The number of fused-ring (bicyclic) bond motifs is 1. The average Bonchev–Trinajstić information content (AvgIpc) is 2.83. The van der Waals surface area contributed by atoms with Crippen LogP contribution in [0.2, 0.25) is 0 Å². The van der Waals surface area contributed by atoms with Gasteiger partial charge in [0.25, 0.3) is 0 Å². The van der Waals surface area contributed by atoms with Crippen LogP contribution in [0.15, 0.2) is 41.4 Å². The molecule has 1 atom stereocenters. The lowest BCUT2D eigenvalue weighted by atomic mass is 9.70. The summed E-state index contributed by atoms with van der Waals surface area (Å²) in [5.41, 5.74) is 2.57. The van der Waals surface area contributed by atoms with Crippen LogP contribution in [-0.4, -0.2) is 44.7 Å². The van der Waals surface area contributed by atoms with Crippen LogP contribution in [0, 0.1) is 6.92 Å². The molecule has 1 N–H and O–H groups in total. The molecule has 34 heavy (non-hydrogen) atoms. The number of carbonyl (C=O) groups is 2. The molecule has 0 aliphatic heterocycles. The highest BCUT2D eigenvalue weighted by molar-refractivity contribution is 7.99. The Labute approximate surface area is 203 Å². The number of methoxy groups -OCH3 is 1. The van der Waals surface area contributed by atoms with E-state index in [9.17, 15) is 9.59 Å². The lowest BCUT2D eigenvalue weighted by Gasteiger charge is -2.33. The Bertz CT molecular complexity index is 1210. The van der Waals surface area contributed by atoms with E-state index in [1.54, 1.807) is 36.2 Å². The molecule has 3 heterocycles. The first-order valence-corrected chi connectivity index (χ1v) is 12.1. The van der Waals surface area contributed by atoms with Gasteiger partial charge < -0.3 is 10.1 Å². The number of carbonyl (C=O) groups excluding carboxylic acids is 2. The Balaban J connectivity index is 1.50. The Morgan fingerprint density at radius 3 is 2.71 bits per heavy atom. The third-order valence-corrected chi connectivity index (χ3v) is 6.88. The van der Waals surface area contributed by atoms with Crippen molar-refractivity contribution < 1.29 is 14.3 Å². The monoisotopic (exact) mass is 477 g/mol. The zero-order valence-electron chi connectivity index (χ0n) is 19.7. The number of hydrogen-bond donors (Lipinski definition) is 1. The van der Waals surface area contributed by atoms with E-state index in [-0.39, 0.29) is 18.1 Å². The predicted octanol–water partition coefficient (Wildman–Crippen LogP) is 3.96. The van der Waals surface area contributed by atoms with E-state index in [1.807, 2.05) is 26.0 Å². The lowest BCUT2D eigenvalue weighted by molar-refractivity contribution is -0.115. The SMILES string of the molecule is CCSc1ccc(CC(=O)Nc2cc(C)c3c(n2)CCC(C)(c2ccc(OC)nn2)C3=O)nc1. The normalized spacial score (nSPS) is 17.2. The van der Waals surface area contributed by atoms with Crippen molar-refractivity contribution in [2.45, 2.75) is 50.3 Å². The van der Waals surface area contributed by atoms with Crippen LogP contribution in [0.5, 0.6) is 5.88 Å². The van der Waals surface area contributed by atoms with Crippen LogP contribution in [0.25, 0.3) is 0 Å². The third-order valence-electron chi connectivity index (χ3n) is 6.01. The smallest absolute Gasteiger partial charge is 0.233 e. The number of Topliss-reactive ketones (excluding diaryl/α,β-unsaturated/α-hetero) is 1. The summed E-state index contributed by atoms with van der Waals surface area (Å²) in [6, 6.07) is 9.08. The van der Waals surface area contributed by atoms with Gasteiger partial charge in [-0.3, -0.25) is 14.6 Å². The van der Waals surface area contributed by atoms with E-state index >= 15 is 0 Å². The van der Waals surface area contributed by atoms with Crippen molar-refractivity contribution in [2.75, 3.05) is 18.2 Å². The number of aromatic nitrogens is 4. The first kappa shape index (κ1) is 23.8. The number of amides is 1. The van der Waals surface area contributed by atoms with Gasteiger partial charge in [-0.1, -0.05) is 6.92 Å². The second kappa shape index (κ2) is 9.89. The molecule has 0 aromatic carbocycles. The third kappa shape index (κ3) is 4.79. The lowest BCUT2D eigenvalue weighted by Crippen LogP contribution is -2.39. The molecule has 0 saturated carbocycles. The van der Waals surface area contributed by atoms with Gasteiger partial charge in [-0.25, -0.2) is 4.98 Å². The molecule has 1 aliphatic carbocycles. The van der Waals surface area contributed by atoms with Crippen molar-refractivity contribution >= 4 is 29.3 Å². The summed E-state index contributed by atoms with van der Waals surface area (Å²) < 4.78 is 5.08. The van der Waals surface area contributed by atoms with E-state index in [2.05, 4.69) is 32.4 Å². The van der Waals surface area contributed by atoms with Gasteiger partial charge in [-0.2, -0.15) is 5.10 Å². The average molecular weight is 478 g/mol. The fraction of sp³-hybridized carbons (Fsp3) is 0.360. The molecule has 176 valence electrons. The first-order valence-electron chi connectivity index (χ1n) is 11.1. The molecule has 8 nitrogen and oxygen atoms in total. The van der Waals surface area contributed by atoms with Gasteiger partial charge in [0.1, 0.15) is 5.82 Å². The zero-order chi connectivity index (χ0) is 24.3.